The summed E-state index contributed by atoms with van der Waals surface area (Å²) < 4.78 is 10.6. The van der Waals surface area contributed by atoms with Gasteiger partial charge in [-0.25, -0.2) is 4.98 Å². The SMILES string of the molecule is CC(C)Cc1cc(-c2[c-]cccc2)nc[c]1[Ge]([CH3])([CH3])[CH3].Cc1cccc(C)c1-c1ccc2c(n1)oc1c(-c3nc4ccccc4n3-c3c(C(C)C)cc(-c4ccccc4)cc3C(C)C)[c-]ccc12.[Ir]. The molecule has 0 N–H and O–H groups in total. The van der Waals surface area contributed by atoms with Gasteiger partial charge in [0.2, 0.25) is 5.71 Å². The summed E-state index contributed by atoms with van der Waals surface area (Å²) >= 11 is -1.86. The van der Waals surface area contributed by atoms with Gasteiger partial charge in [-0.3, -0.25) is 4.98 Å². The molecule has 351 valence electrons. The van der Waals surface area contributed by atoms with Crippen molar-refractivity contribution in [1.82, 2.24) is 19.5 Å². The van der Waals surface area contributed by atoms with Crippen molar-refractivity contribution in [3.63, 3.8) is 0 Å². The van der Waals surface area contributed by atoms with Crippen LogP contribution in [0.25, 0.3) is 83.8 Å². The second-order valence-corrected chi connectivity index (χ2v) is 30.9. The van der Waals surface area contributed by atoms with Gasteiger partial charge in [0.15, 0.2) is 0 Å². The predicted octanol–water partition coefficient (Wildman–Crippen LogP) is 16.3. The zero-order chi connectivity index (χ0) is 47.9. The average Bonchev–Trinajstić information content (AvgIpc) is 3.90. The van der Waals surface area contributed by atoms with E-state index in [-0.39, 0.29) is 31.9 Å². The third-order valence-electron chi connectivity index (χ3n) is 13.0. The molecule has 0 aliphatic carbocycles. The summed E-state index contributed by atoms with van der Waals surface area (Å²) in [5.74, 6) is 9.35. The number of para-hydroxylation sites is 2. The van der Waals surface area contributed by atoms with E-state index in [0.29, 0.717) is 11.6 Å². The van der Waals surface area contributed by atoms with E-state index in [1.807, 2.05) is 24.3 Å². The molecule has 4 aromatic heterocycles. The number of rotatable bonds is 10. The van der Waals surface area contributed by atoms with E-state index < -0.39 is 13.3 Å². The third kappa shape index (κ3) is 10.1. The summed E-state index contributed by atoms with van der Waals surface area (Å²) in [5.41, 5.74) is 18.5. The molecule has 0 fully saturated rings. The molecule has 4 heterocycles. The second-order valence-electron chi connectivity index (χ2n) is 20.3. The number of benzene rings is 6. The van der Waals surface area contributed by atoms with Crippen molar-refractivity contribution in [2.75, 3.05) is 0 Å². The molecule has 10 aromatic rings. The largest absolute Gasteiger partial charge is 0.486 e. The molecule has 5 nitrogen and oxygen atoms in total. The van der Waals surface area contributed by atoms with E-state index in [9.17, 15) is 0 Å². The smallest absolute Gasteiger partial charge is 0.216 e. The van der Waals surface area contributed by atoms with Crippen LogP contribution in [0.4, 0.5) is 0 Å². The fourth-order valence-electron chi connectivity index (χ4n) is 9.66. The molecule has 0 spiro atoms. The van der Waals surface area contributed by atoms with Gasteiger partial charge in [-0.1, -0.05) is 99.3 Å². The zero-order valence-electron chi connectivity index (χ0n) is 41.8. The molecule has 0 amide bonds. The Morgan fingerprint density at radius 1 is 0.638 bits per heavy atom. The van der Waals surface area contributed by atoms with Gasteiger partial charge in [-0.05, 0) is 95.5 Å². The Balaban J connectivity index is 0.000000257. The van der Waals surface area contributed by atoms with Crippen molar-refractivity contribution < 1.29 is 24.5 Å². The van der Waals surface area contributed by atoms with Crippen molar-refractivity contribution in [1.29, 1.82) is 0 Å². The van der Waals surface area contributed by atoms with Crippen LogP contribution in [0.15, 0.2) is 150 Å². The number of hydrogen-bond donors (Lipinski definition) is 0. The molecular formula is C62H62GeIrN4O-2. The Kier molecular flexibility index (Phi) is 14.8. The van der Waals surface area contributed by atoms with Crippen LogP contribution in [0.3, 0.4) is 0 Å². The van der Waals surface area contributed by atoms with E-state index in [0.717, 1.165) is 67.7 Å². The molecule has 0 saturated heterocycles. The molecule has 7 heteroatoms. The maximum Gasteiger partial charge on any atom is 0.216 e. The minimum absolute atomic E-state index is 0. The van der Waals surface area contributed by atoms with Gasteiger partial charge in [0.1, 0.15) is 0 Å². The maximum absolute atomic E-state index is 6.70. The van der Waals surface area contributed by atoms with Gasteiger partial charge >= 0.3 is 126 Å². The number of aromatic nitrogens is 4. The number of imidazole rings is 1. The van der Waals surface area contributed by atoms with E-state index in [1.54, 1.807) is 4.40 Å². The molecule has 0 bridgehead atoms. The van der Waals surface area contributed by atoms with Gasteiger partial charge in [0.25, 0.3) is 0 Å². The summed E-state index contributed by atoms with van der Waals surface area (Å²) in [6.07, 6.45) is 3.27. The van der Waals surface area contributed by atoms with Crippen LogP contribution < -0.4 is 4.40 Å². The first-order valence-corrected chi connectivity index (χ1v) is 31.5. The van der Waals surface area contributed by atoms with Crippen molar-refractivity contribution >= 4 is 50.8 Å². The van der Waals surface area contributed by atoms with Gasteiger partial charge in [-0.2, -0.15) is 0 Å². The summed E-state index contributed by atoms with van der Waals surface area (Å²) in [6.45, 7) is 18.0. The Labute approximate surface area is 425 Å². The molecule has 0 unspecified atom stereocenters. The van der Waals surface area contributed by atoms with Crippen molar-refractivity contribution in [3.05, 3.63) is 186 Å². The van der Waals surface area contributed by atoms with Gasteiger partial charge in [0.05, 0.1) is 28.1 Å². The Morgan fingerprint density at radius 3 is 1.97 bits per heavy atom. The summed E-state index contributed by atoms with van der Waals surface area (Å²) in [6, 6.07) is 55.7. The first kappa shape index (κ1) is 49.5. The number of pyridine rings is 2. The molecular weight excluding hydrogens is 1080 g/mol. The third-order valence-corrected chi connectivity index (χ3v) is 17.3. The fraction of sp³-hybridized carbons (Fsp3) is 0.242. The van der Waals surface area contributed by atoms with Crippen LogP contribution in [0.5, 0.6) is 0 Å². The van der Waals surface area contributed by atoms with Crippen LogP contribution in [0.1, 0.15) is 81.2 Å². The first-order valence-electron chi connectivity index (χ1n) is 24.2. The maximum atomic E-state index is 6.70. The van der Waals surface area contributed by atoms with Crippen molar-refractivity contribution in [2.45, 2.75) is 90.9 Å². The van der Waals surface area contributed by atoms with Crippen molar-refractivity contribution in [2.24, 2.45) is 5.92 Å². The van der Waals surface area contributed by atoms with Crippen LogP contribution in [0.2, 0.25) is 17.3 Å². The van der Waals surface area contributed by atoms with E-state index >= 15 is 0 Å². The van der Waals surface area contributed by atoms with Crippen LogP contribution in [-0.2, 0) is 26.5 Å². The monoisotopic (exact) mass is 1150 g/mol. The predicted molar refractivity (Wildman–Crippen MR) is 289 cm³/mol. The fourth-order valence-corrected chi connectivity index (χ4v) is 13.0. The minimum Gasteiger partial charge on any atom is -0.486 e. The van der Waals surface area contributed by atoms with Crippen LogP contribution >= 0.6 is 0 Å². The van der Waals surface area contributed by atoms with Gasteiger partial charge < -0.3 is 8.98 Å². The molecule has 69 heavy (non-hydrogen) atoms. The zero-order valence-corrected chi connectivity index (χ0v) is 46.3. The number of furan rings is 1. The molecule has 1 radical (unpaired) electrons. The number of fused-ring (bicyclic) bond motifs is 4. The van der Waals surface area contributed by atoms with Crippen LogP contribution in [0, 0.1) is 31.9 Å². The normalized spacial score (nSPS) is 11.7. The topological polar surface area (TPSA) is 56.7 Å². The Morgan fingerprint density at radius 2 is 1.32 bits per heavy atom. The molecule has 6 aromatic carbocycles. The Hall–Kier alpha value is -5.92. The molecule has 0 atom stereocenters. The second kappa shape index (κ2) is 20.6. The Bertz CT molecular complexity index is 3370. The van der Waals surface area contributed by atoms with E-state index in [1.165, 1.54) is 44.6 Å². The summed E-state index contributed by atoms with van der Waals surface area (Å²) in [5, 5.41) is 1.99. The number of nitrogens with zero attached hydrogens (tertiary/aromatic N) is 4. The van der Waals surface area contributed by atoms with Crippen molar-refractivity contribution in [3.8, 4) is 50.7 Å². The first-order chi connectivity index (χ1) is 32.7. The molecule has 0 aliphatic heterocycles. The average molecular weight is 1140 g/mol. The van der Waals surface area contributed by atoms with Gasteiger partial charge in [-0.15, -0.1) is 18.2 Å². The summed E-state index contributed by atoms with van der Waals surface area (Å²) in [7, 11) is 0. The minimum atomic E-state index is -1.86. The molecule has 0 aliphatic rings. The van der Waals surface area contributed by atoms with E-state index in [2.05, 4.69) is 211 Å². The number of aryl methyl sites for hydroxylation is 2. The molecule has 10 rings (SSSR count). The van der Waals surface area contributed by atoms with Gasteiger partial charge in [0, 0.05) is 36.7 Å². The number of hydrogen-bond acceptors (Lipinski definition) is 4. The van der Waals surface area contributed by atoms with Crippen LogP contribution in [-0.4, -0.2) is 32.8 Å². The molecule has 0 saturated carbocycles. The van der Waals surface area contributed by atoms with E-state index in [4.69, 9.17) is 19.4 Å². The quantitative estimate of drug-likeness (QED) is 0.101. The standard InChI is InChI=1S/C44H38N3O.C18H24GeN.Ir/c1-26(2)35-24-31(30-16-8-7-9-17-30)25-36(27(3)4)41(35)47-39-21-11-10-20-37(39)45-43(47)34-19-13-18-32-33-22-23-38(46-44(33)48-42(32)34)40-28(5)14-12-15-29(40)6;1-14(2)11-16-12-18(15-9-7-6-8-10-15)20-13-17(16)19(3,4)5;/h7-18,20-27H,1-6H3;6-9,12-14H,11H2,1-5H3;/q2*-1;. The summed E-state index contributed by atoms with van der Waals surface area (Å²) in [4.78, 5) is 15.1.